The molecule has 0 unspecified atom stereocenters. The smallest absolute Gasteiger partial charge is 0.271 e. The maximum Gasteiger partial charge on any atom is 0.271 e. The van der Waals surface area contributed by atoms with Crippen molar-refractivity contribution in [2.24, 2.45) is 0 Å². The lowest BCUT2D eigenvalue weighted by molar-refractivity contribution is 0.0944. The van der Waals surface area contributed by atoms with Gasteiger partial charge in [-0.1, -0.05) is 43.7 Å². The van der Waals surface area contributed by atoms with Crippen molar-refractivity contribution in [2.75, 3.05) is 26.2 Å². The summed E-state index contributed by atoms with van der Waals surface area (Å²) in [6.07, 6.45) is 3.16. The van der Waals surface area contributed by atoms with Gasteiger partial charge in [0, 0.05) is 25.3 Å². The molecule has 2 aromatic rings. The second-order valence-electron chi connectivity index (χ2n) is 6.48. The minimum absolute atomic E-state index is 0.0904. The van der Waals surface area contributed by atoms with Crippen LogP contribution in [-0.2, 0) is 6.42 Å². The van der Waals surface area contributed by atoms with Gasteiger partial charge in [0.1, 0.15) is 5.69 Å². The predicted molar refractivity (Wildman–Crippen MR) is 95.2 cm³/mol. The van der Waals surface area contributed by atoms with Crippen LogP contribution in [0.4, 0.5) is 0 Å². The second-order valence-corrected chi connectivity index (χ2v) is 6.48. The van der Waals surface area contributed by atoms with E-state index in [0.29, 0.717) is 18.2 Å². The molecule has 0 aliphatic carbocycles. The molecule has 2 N–H and O–H groups in total. The number of hydrogen-bond acceptors (Lipinski definition) is 3. The number of amides is 1. The largest absolute Gasteiger partial charge is 0.349 e. The van der Waals surface area contributed by atoms with Gasteiger partial charge in [0.25, 0.3) is 5.91 Å². The summed E-state index contributed by atoms with van der Waals surface area (Å²) in [5.74, 6) is 0.525. The zero-order valence-corrected chi connectivity index (χ0v) is 14.3. The summed E-state index contributed by atoms with van der Waals surface area (Å²) in [6, 6.07) is 12.5. The van der Waals surface area contributed by atoms with Crippen molar-refractivity contribution in [3.05, 3.63) is 53.3 Å². The van der Waals surface area contributed by atoms with Crippen LogP contribution in [0.1, 0.15) is 47.4 Å². The van der Waals surface area contributed by atoms with Crippen LogP contribution < -0.4 is 5.32 Å². The first-order valence-corrected chi connectivity index (χ1v) is 8.86. The summed E-state index contributed by atoms with van der Waals surface area (Å²) in [7, 11) is 0. The van der Waals surface area contributed by atoms with Gasteiger partial charge in [-0.05, 0) is 36.9 Å². The number of aromatic amines is 1. The van der Waals surface area contributed by atoms with E-state index in [9.17, 15) is 4.79 Å². The van der Waals surface area contributed by atoms with Crippen molar-refractivity contribution >= 4 is 5.91 Å². The number of nitrogens with one attached hydrogen (secondary N) is 2. The number of nitrogens with zero attached hydrogens (tertiary/aromatic N) is 2. The summed E-state index contributed by atoms with van der Waals surface area (Å²) in [5.41, 5.74) is 2.93. The van der Waals surface area contributed by atoms with Gasteiger partial charge in [-0.15, -0.1) is 0 Å². The molecule has 128 valence electrons. The van der Waals surface area contributed by atoms with Crippen LogP contribution in [0, 0.1) is 0 Å². The summed E-state index contributed by atoms with van der Waals surface area (Å²) >= 11 is 0. The molecule has 2 heterocycles. The molecule has 1 saturated heterocycles. The standard InChI is InChI=1S/C19H26N4O/c1-2-6-17-13-18(22-21-17)19(24)20-10-12-23-11-9-16(14-23)15-7-4-3-5-8-15/h3-5,7-8,13,16H,2,6,9-12,14H2,1H3,(H,20,24)(H,21,22)/t16-/m0/s1. The van der Waals surface area contributed by atoms with Crippen LogP contribution >= 0.6 is 0 Å². The van der Waals surface area contributed by atoms with Crippen molar-refractivity contribution in [3.63, 3.8) is 0 Å². The van der Waals surface area contributed by atoms with Crippen LogP contribution in [0.3, 0.4) is 0 Å². The summed E-state index contributed by atoms with van der Waals surface area (Å²) < 4.78 is 0. The monoisotopic (exact) mass is 326 g/mol. The Kier molecular flexibility index (Phi) is 5.64. The Labute approximate surface area is 143 Å². The number of rotatable bonds is 7. The Bertz CT molecular complexity index is 652. The molecule has 0 saturated carbocycles. The van der Waals surface area contributed by atoms with E-state index in [1.807, 2.05) is 6.07 Å². The van der Waals surface area contributed by atoms with Crippen molar-refractivity contribution in [1.82, 2.24) is 20.4 Å². The predicted octanol–water partition coefficient (Wildman–Crippen LogP) is 2.58. The van der Waals surface area contributed by atoms with E-state index in [0.717, 1.165) is 38.2 Å². The van der Waals surface area contributed by atoms with Crippen molar-refractivity contribution in [1.29, 1.82) is 0 Å². The molecule has 5 heteroatoms. The van der Waals surface area contributed by atoms with Gasteiger partial charge in [-0.25, -0.2) is 0 Å². The van der Waals surface area contributed by atoms with E-state index in [1.54, 1.807) is 0 Å². The molecule has 1 aliphatic heterocycles. The minimum Gasteiger partial charge on any atom is -0.349 e. The van der Waals surface area contributed by atoms with Gasteiger partial charge in [-0.3, -0.25) is 9.89 Å². The SMILES string of the molecule is CCCc1cc(C(=O)NCCN2CC[C@H](c3ccccc3)C2)n[nH]1. The molecular formula is C19H26N4O. The Morgan fingerprint density at radius 1 is 1.38 bits per heavy atom. The van der Waals surface area contributed by atoms with Crippen molar-refractivity contribution in [3.8, 4) is 0 Å². The van der Waals surface area contributed by atoms with E-state index < -0.39 is 0 Å². The fourth-order valence-corrected chi connectivity index (χ4v) is 3.33. The lowest BCUT2D eigenvalue weighted by atomic mass is 9.99. The third-order valence-electron chi connectivity index (χ3n) is 4.64. The van der Waals surface area contributed by atoms with Crippen LogP contribution in [0.25, 0.3) is 0 Å². The first-order chi connectivity index (χ1) is 11.8. The Morgan fingerprint density at radius 3 is 3.00 bits per heavy atom. The van der Waals surface area contributed by atoms with E-state index in [-0.39, 0.29) is 5.91 Å². The quantitative estimate of drug-likeness (QED) is 0.822. The van der Waals surface area contributed by atoms with Crippen molar-refractivity contribution < 1.29 is 4.79 Å². The van der Waals surface area contributed by atoms with Gasteiger partial charge in [0.2, 0.25) is 0 Å². The number of aromatic nitrogens is 2. The van der Waals surface area contributed by atoms with Crippen LogP contribution in [0.2, 0.25) is 0 Å². The maximum atomic E-state index is 12.1. The average Bonchev–Trinajstić information content (AvgIpc) is 3.26. The molecule has 24 heavy (non-hydrogen) atoms. The number of benzene rings is 1. The molecule has 1 aromatic heterocycles. The topological polar surface area (TPSA) is 61.0 Å². The molecule has 0 radical (unpaired) electrons. The molecular weight excluding hydrogens is 300 g/mol. The molecule has 1 aromatic carbocycles. The van der Waals surface area contributed by atoms with Crippen molar-refractivity contribution in [2.45, 2.75) is 32.1 Å². The van der Waals surface area contributed by atoms with Gasteiger partial charge in [-0.2, -0.15) is 5.10 Å². The summed E-state index contributed by atoms with van der Waals surface area (Å²) in [4.78, 5) is 14.5. The summed E-state index contributed by atoms with van der Waals surface area (Å²) in [5, 5.41) is 9.98. The molecule has 0 spiro atoms. The number of likely N-dealkylation sites (tertiary alicyclic amines) is 1. The second kappa shape index (κ2) is 8.11. The molecule has 5 nitrogen and oxygen atoms in total. The zero-order valence-electron chi connectivity index (χ0n) is 14.3. The maximum absolute atomic E-state index is 12.1. The highest BCUT2D eigenvalue weighted by Gasteiger charge is 2.23. The number of carbonyl (C=O) groups excluding carboxylic acids is 1. The summed E-state index contributed by atoms with van der Waals surface area (Å²) in [6.45, 7) is 5.83. The Hall–Kier alpha value is -2.14. The Morgan fingerprint density at radius 2 is 2.21 bits per heavy atom. The molecule has 1 atom stereocenters. The minimum atomic E-state index is -0.0904. The molecule has 3 rings (SSSR count). The fraction of sp³-hybridized carbons (Fsp3) is 0.474. The van der Waals surface area contributed by atoms with E-state index in [4.69, 9.17) is 0 Å². The normalized spacial score (nSPS) is 18.0. The lowest BCUT2D eigenvalue weighted by Crippen LogP contribution is -2.34. The van der Waals surface area contributed by atoms with E-state index in [2.05, 4.69) is 57.7 Å². The third-order valence-corrected chi connectivity index (χ3v) is 4.64. The van der Waals surface area contributed by atoms with Gasteiger partial charge in [0.15, 0.2) is 0 Å². The lowest BCUT2D eigenvalue weighted by Gasteiger charge is -2.16. The third kappa shape index (κ3) is 4.23. The number of H-pyrrole nitrogens is 1. The molecule has 1 fully saturated rings. The van der Waals surface area contributed by atoms with Crippen LogP contribution in [0.5, 0.6) is 0 Å². The highest BCUT2D eigenvalue weighted by atomic mass is 16.1. The highest BCUT2D eigenvalue weighted by Crippen LogP contribution is 2.26. The highest BCUT2D eigenvalue weighted by molar-refractivity contribution is 5.92. The number of carbonyl (C=O) groups is 1. The van der Waals surface area contributed by atoms with E-state index in [1.165, 1.54) is 12.0 Å². The van der Waals surface area contributed by atoms with Gasteiger partial charge < -0.3 is 10.2 Å². The van der Waals surface area contributed by atoms with Crippen LogP contribution in [0.15, 0.2) is 36.4 Å². The molecule has 0 bridgehead atoms. The first kappa shape index (κ1) is 16.7. The molecule has 1 aliphatic rings. The average molecular weight is 326 g/mol. The molecule has 1 amide bonds. The number of aryl methyl sites for hydroxylation is 1. The Balaban J connectivity index is 1.41. The number of hydrogen-bond donors (Lipinski definition) is 2. The van der Waals surface area contributed by atoms with Gasteiger partial charge in [0.05, 0.1) is 0 Å². The van der Waals surface area contributed by atoms with E-state index >= 15 is 0 Å². The van der Waals surface area contributed by atoms with Gasteiger partial charge >= 0.3 is 0 Å². The fourth-order valence-electron chi connectivity index (χ4n) is 3.33. The first-order valence-electron chi connectivity index (χ1n) is 8.86. The zero-order chi connectivity index (χ0) is 16.8. The van der Waals surface area contributed by atoms with Crippen LogP contribution in [-0.4, -0.2) is 47.2 Å².